The molecule has 0 aromatic carbocycles. The Balaban J connectivity index is 2.91. The van der Waals surface area contributed by atoms with E-state index in [2.05, 4.69) is 13.8 Å². The molecule has 0 aliphatic heterocycles. The largest absolute Gasteiger partial charge is 0.466 e. The summed E-state index contributed by atoms with van der Waals surface area (Å²) in [5, 5.41) is 11.0. The van der Waals surface area contributed by atoms with Gasteiger partial charge in [-0.05, 0) is 31.6 Å². The molecule has 1 rings (SSSR count). The molecule has 106 valence electrons. The molecule has 18 heavy (non-hydrogen) atoms. The first-order valence-corrected chi connectivity index (χ1v) is 7.36. The van der Waals surface area contributed by atoms with Crippen molar-refractivity contribution in [1.82, 2.24) is 0 Å². The van der Waals surface area contributed by atoms with Gasteiger partial charge in [-0.1, -0.05) is 40.0 Å². The fourth-order valence-corrected chi connectivity index (χ4v) is 3.27. The molecule has 1 N–H and O–H groups in total. The Hall–Kier alpha value is -0.570. The summed E-state index contributed by atoms with van der Waals surface area (Å²) in [5.41, 5.74) is -0.875. The average Bonchev–Trinajstić information content (AvgIpc) is 2.33. The topological polar surface area (TPSA) is 46.5 Å². The van der Waals surface area contributed by atoms with E-state index in [-0.39, 0.29) is 17.8 Å². The Morgan fingerprint density at radius 1 is 1.44 bits per heavy atom. The van der Waals surface area contributed by atoms with Gasteiger partial charge in [0.25, 0.3) is 0 Å². The standard InChI is InChI=1S/C15H28O3/c1-5-8-13(14(16)18-6-2)15(17)10-7-9-11(3)12(15)4/h11-13,17H,5-10H2,1-4H3. The summed E-state index contributed by atoms with van der Waals surface area (Å²) in [6.45, 7) is 8.50. The quantitative estimate of drug-likeness (QED) is 0.769. The Labute approximate surface area is 111 Å². The second-order valence-corrected chi connectivity index (χ2v) is 5.74. The fraction of sp³-hybridized carbons (Fsp3) is 0.933. The van der Waals surface area contributed by atoms with Crippen LogP contribution in [0, 0.1) is 17.8 Å². The number of carbonyl (C=O) groups excluding carboxylic acids is 1. The molecule has 1 saturated carbocycles. The predicted molar refractivity (Wildman–Crippen MR) is 72.2 cm³/mol. The van der Waals surface area contributed by atoms with Crippen molar-refractivity contribution < 1.29 is 14.6 Å². The second-order valence-electron chi connectivity index (χ2n) is 5.74. The van der Waals surface area contributed by atoms with Crippen LogP contribution < -0.4 is 0 Å². The van der Waals surface area contributed by atoms with E-state index in [1.54, 1.807) is 0 Å². The van der Waals surface area contributed by atoms with E-state index in [1.165, 1.54) is 0 Å². The van der Waals surface area contributed by atoms with Crippen LogP contribution in [0.1, 0.15) is 59.8 Å². The number of carbonyl (C=O) groups is 1. The van der Waals surface area contributed by atoms with Crippen molar-refractivity contribution in [3.63, 3.8) is 0 Å². The van der Waals surface area contributed by atoms with Gasteiger partial charge in [0.15, 0.2) is 0 Å². The van der Waals surface area contributed by atoms with E-state index < -0.39 is 5.60 Å². The van der Waals surface area contributed by atoms with Crippen LogP contribution in [0.25, 0.3) is 0 Å². The van der Waals surface area contributed by atoms with Gasteiger partial charge in [0.2, 0.25) is 0 Å². The smallest absolute Gasteiger partial charge is 0.311 e. The summed E-state index contributed by atoms with van der Waals surface area (Å²) in [4.78, 5) is 12.1. The molecular formula is C15H28O3. The van der Waals surface area contributed by atoms with Gasteiger partial charge in [-0.2, -0.15) is 0 Å². The molecule has 3 nitrogen and oxygen atoms in total. The normalized spacial score (nSPS) is 34.1. The van der Waals surface area contributed by atoms with Gasteiger partial charge in [0, 0.05) is 0 Å². The fourth-order valence-electron chi connectivity index (χ4n) is 3.27. The average molecular weight is 256 g/mol. The lowest BCUT2D eigenvalue weighted by Gasteiger charge is -2.45. The molecule has 3 heteroatoms. The third-order valence-corrected chi connectivity index (χ3v) is 4.63. The molecule has 0 spiro atoms. The van der Waals surface area contributed by atoms with Gasteiger partial charge in [0.1, 0.15) is 0 Å². The third kappa shape index (κ3) is 3.05. The summed E-state index contributed by atoms with van der Waals surface area (Å²) in [6, 6.07) is 0. The van der Waals surface area contributed by atoms with E-state index in [0.29, 0.717) is 18.9 Å². The van der Waals surface area contributed by atoms with E-state index in [9.17, 15) is 9.90 Å². The van der Waals surface area contributed by atoms with Crippen LogP contribution in [0.5, 0.6) is 0 Å². The molecule has 0 saturated heterocycles. The van der Waals surface area contributed by atoms with Gasteiger partial charge in [0.05, 0.1) is 18.1 Å². The Kier molecular flexibility index (Phi) is 5.64. The molecule has 0 bridgehead atoms. The van der Waals surface area contributed by atoms with E-state index >= 15 is 0 Å². The summed E-state index contributed by atoms with van der Waals surface area (Å²) in [5.74, 6) is 0.0488. The van der Waals surface area contributed by atoms with Gasteiger partial charge in [-0.15, -0.1) is 0 Å². The van der Waals surface area contributed by atoms with Crippen molar-refractivity contribution in [2.24, 2.45) is 17.8 Å². The zero-order valence-corrected chi connectivity index (χ0v) is 12.2. The van der Waals surface area contributed by atoms with Crippen molar-refractivity contribution in [2.45, 2.75) is 65.4 Å². The van der Waals surface area contributed by atoms with Crippen LogP contribution in [-0.2, 0) is 9.53 Å². The van der Waals surface area contributed by atoms with Crippen molar-refractivity contribution in [3.05, 3.63) is 0 Å². The lowest BCUT2D eigenvalue weighted by Crippen LogP contribution is -2.52. The number of esters is 1. The molecule has 0 radical (unpaired) electrons. The van der Waals surface area contributed by atoms with Crippen molar-refractivity contribution in [3.8, 4) is 0 Å². The van der Waals surface area contributed by atoms with Gasteiger partial charge in [-0.25, -0.2) is 0 Å². The zero-order chi connectivity index (χ0) is 13.8. The number of aliphatic hydroxyl groups is 1. The minimum atomic E-state index is -0.875. The Bertz CT molecular complexity index is 277. The van der Waals surface area contributed by atoms with E-state index in [4.69, 9.17) is 4.74 Å². The lowest BCUT2D eigenvalue weighted by atomic mass is 9.64. The summed E-state index contributed by atoms with van der Waals surface area (Å²) in [6.07, 6.45) is 4.48. The number of rotatable bonds is 5. The minimum absolute atomic E-state index is 0.159. The summed E-state index contributed by atoms with van der Waals surface area (Å²) >= 11 is 0. The Morgan fingerprint density at radius 3 is 2.67 bits per heavy atom. The first-order chi connectivity index (χ1) is 8.47. The van der Waals surface area contributed by atoms with Crippen LogP contribution in [0.3, 0.4) is 0 Å². The lowest BCUT2D eigenvalue weighted by molar-refractivity contribution is -0.170. The monoisotopic (exact) mass is 256 g/mol. The van der Waals surface area contributed by atoms with Crippen molar-refractivity contribution in [2.75, 3.05) is 6.61 Å². The molecule has 1 aliphatic rings. The number of hydrogen-bond acceptors (Lipinski definition) is 3. The first kappa shape index (κ1) is 15.5. The minimum Gasteiger partial charge on any atom is -0.466 e. The van der Waals surface area contributed by atoms with Gasteiger partial charge < -0.3 is 9.84 Å². The highest BCUT2D eigenvalue weighted by Crippen LogP contribution is 2.44. The van der Waals surface area contributed by atoms with Crippen molar-refractivity contribution >= 4 is 5.97 Å². The SMILES string of the molecule is CCCC(C(=O)OCC)C1(O)CCCC(C)C1C. The van der Waals surface area contributed by atoms with Crippen molar-refractivity contribution in [1.29, 1.82) is 0 Å². The number of ether oxygens (including phenoxy) is 1. The summed E-state index contributed by atoms with van der Waals surface area (Å²) in [7, 11) is 0. The maximum atomic E-state index is 12.1. The molecule has 1 aliphatic carbocycles. The molecular weight excluding hydrogens is 228 g/mol. The molecule has 4 atom stereocenters. The highest BCUT2D eigenvalue weighted by Gasteiger charge is 2.48. The molecule has 0 heterocycles. The predicted octanol–water partition coefficient (Wildman–Crippen LogP) is 3.15. The van der Waals surface area contributed by atoms with E-state index in [1.807, 2.05) is 13.8 Å². The molecule has 1 fully saturated rings. The van der Waals surface area contributed by atoms with Crippen LogP contribution in [0.4, 0.5) is 0 Å². The van der Waals surface area contributed by atoms with Crippen LogP contribution in [-0.4, -0.2) is 23.3 Å². The second kappa shape index (κ2) is 6.55. The first-order valence-electron chi connectivity index (χ1n) is 7.36. The maximum Gasteiger partial charge on any atom is 0.311 e. The third-order valence-electron chi connectivity index (χ3n) is 4.63. The summed E-state index contributed by atoms with van der Waals surface area (Å²) < 4.78 is 5.16. The molecule has 0 aromatic heterocycles. The van der Waals surface area contributed by atoms with Crippen LogP contribution >= 0.6 is 0 Å². The van der Waals surface area contributed by atoms with Gasteiger partial charge >= 0.3 is 5.97 Å². The van der Waals surface area contributed by atoms with E-state index in [0.717, 1.165) is 25.7 Å². The maximum absolute atomic E-state index is 12.1. The number of hydrogen-bond donors (Lipinski definition) is 1. The molecule has 4 unspecified atom stereocenters. The Morgan fingerprint density at radius 2 is 2.11 bits per heavy atom. The molecule has 0 aromatic rings. The molecule has 0 amide bonds. The zero-order valence-electron chi connectivity index (χ0n) is 12.2. The van der Waals surface area contributed by atoms with Crippen LogP contribution in [0.2, 0.25) is 0 Å². The van der Waals surface area contributed by atoms with Gasteiger partial charge in [-0.3, -0.25) is 4.79 Å². The highest BCUT2D eigenvalue weighted by molar-refractivity contribution is 5.74. The van der Waals surface area contributed by atoms with Crippen LogP contribution in [0.15, 0.2) is 0 Å². The highest BCUT2D eigenvalue weighted by atomic mass is 16.5.